The van der Waals surface area contributed by atoms with Crippen molar-refractivity contribution in [2.75, 3.05) is 32.1 Å². The highest BCUT2D eigenvalue weighted by atomic mass is 16.6. The number of likely N-dealkylation sites (tertiary alicyclic amines) is 1. The summed E-state index contributed by atoms with van der Waals surface area (Å²) in [6.45, 7) is 2.36. The van der Waals surface area contributed by atoms with Gasteiger partial charge in [0, 0.05) is 38.8 Å². The number of amides is 1. The molecule has 142 valence electrons. The molecule has 1 aromatic carbocycles. The monoisotopic (exact) mass is 363 g/mol. The molecule has 8 nitrogen and oxygen atoms in total. The summed E-state index contributed by atoms with van der Waals surface area (Å²) in [5.41, 5.74) is 0.371. The molecule has 1 heterocycles. The predicted molar refractivity (Wildman–Crippen MR) is 97.3 cm³/mol. The molecular formula is C18H25N3O5. The summed E-state index contributed by atoms with van der Waals surface area (Å²) >= 11 is 0. The van der Waals surface area contributed by atoms with Crippen LogP contribution in [0.15, 0.2) is 18.2 Å². The van der Waals surface area contributed by atoms with Gasteiger partial charge < -0.3 is 14.5 Å². The van der Waals surface area contributed by atoms with E-state index >= 15 is 0 Å². The second kappa shape index (κ2) is 8.64. The van der Waals surface area contributed by atoms with E-state index in [-0.39, 0.29) is 29.8 Å². The van der Waals surface area contributed by atoms with E-state index in [2.05, 4.69) is 0 Å². The lowest BCUT2D eigenvalue weighted by Gasteiger charge is -2.35. The van der Waals surface area contributed by atoms with Crippen molar-refractivity contribution in [1.29, 1.82) is 0 Å². The standard InChI is InChI=1S/C18H25N3O5/c1-4-13-7-5-6-10-20(13)17(22)12-26-18(23)15-11-14(21(24)25)8-9-16(15)19(2)3/h8-9,11,13H,4-7,10,12H2,1-3H3/t13-/m1/s1. The van der Waals surface area contributed by atoms with E-state index in [9.17, 15) is 19.7 Å². The smallest absolute Gasteiger partial charge is 0.341 e. The molecule has 0 aliphatic carbocycles. The highest BCUT2D eigenvalue weighted by Crippen LogP contribution is 2.25. The summed E-state index contributed by atoms with van der Waals surface area (Å²) in [5.74, 6) is -0.961. The van der Waals surface area contributed by atoms with Crippen molar-refractivity contribution in [2.24, 2.45) is 0 Å². The molecule has 1 amide bonds. The second-order valence-corrected chi connectivity index (χ2v) is 6.57. The highest BCUT2D eigenvalue weighted by Gasteiger charge is 2.27. The molecule has 2 rings (SSSR count). The zero-order chi connectivity index (χ0) is 19.3. The number of hydrogen-bond donors (Lipinski definition) is 0. The number of carbonyl (C=O) groups is 2. The van der Waals surface area contributed by atoms with Gasteiger partial charge in [0.05, 0.1) is 16.2 Å². The summed E-state index contributed by atoms with van der Waals surface area (Å²) in [4.78, 5) is 38.7. The number of nitrogens with zero attached hydrogens (tertiary/aromatic N) is 3. The van der Waals surface area contributed by atoms with Crippen molar-refractivity contribution in [3.63, 3.8) is 0 Å². The van der Waals surface area contributed by atoms with Crippen LogP contribution in [0.3, 0.4) is 0 Å². The van der Waals surface area contributed by atoms with E-state index in [0.29, 0.717) is 12.2 Å². The summed E-state index contributed by atoms with van der Waals surface area (Å²) in [6.07, 6.45) is 3.88. The number of hydrogen-bond acceptors (Lipinski definition) is 6. The van der Waals surface area contributed by atoms with E-state index < -0.39 is 10.9 Å². The fourth-order valence-electron chi connectivity index (χ4n) is 3.23. The number of carbonyl (C=O) groups excluding carboxylic acids is 2. The molecule has 0 spiro atoms. The van der Waals surface area contributed by atoms with Gasteiger partial charge in [0.15, 0.2) is 6.61 Å². The molecule has 8 heteroatoms. The van der Waals surface area contributed by atoms with Crippen LogP contribution in [0.1, 0.15) is 43.0 Å². The van der Waals surface area contributed by atoms with Crippen LogP contribution in [-0.2, 0) is 9.53 Å². The average molecular weight is 363 g/mol. The normalized spacial score (nSPS) is 16.9. The highest BCUT2D eigenvalue weighted by molar-refractivity contribution is 5.97. The Morgan fingerprint density at radius 3 is 2.69 bits per heavy atom. The fraction of sp³-hybridized carbons (Fsp3) is 0.556. The Morgan fingerprint density at radius 1 is 1.35 bits per heavy atom. The average Bonchev–Trinajstić information content (AvgIpc) is 2.64. The summed E-state index contributed by atoms with van der Waals surface area (Å²) in [5, 5.41) is 11.0. The van der Waals surface area contributed by atoms with Crippen LogP contribution in [0.25, 0.3) is 0 Å². The third-order valence-electron chi connectivity index (χ3n) is 4.64. The number of benzene rings is 1. The number of rotatable bonds is 6. The van der Waals surface area contributed by atoms with Crippen molar-refractivity contribution in [1.82, 2.24) is 4.90 Å². The number of anilines is 1. The van der Waals surface area contributed by atoms with Gasteiger partial charge in [-0.1, -0.05) is 6.92 Å². The van der Waals surface area contributed by atoms with Crippen molar-refractivity contribution in [3.8, 4) is 0 Å². The molecule has 1 aromatic rings. The Labute approximate surface area is 152 Å². The first-order valence-corrected chi connectivity index (χ1v) is 8.77. The van der Waals surface area contributed by atoms with Gasteiger partial charge in [-0.2, -0.15) is 0 Å². The first-order valence-electron chi connectivity index (χ1n) is 8.77. The van der Waals surface area contributed by atoms with Gasteiger partial charge in [-0.3, -0.25) is 14.9 Å². The maximum atomic E-state index is 12.4. The van der Waals surface area contributed by atoms with Gasteiger partial charge in [0.1, 0.15) is 0 Å². The Morgan fingerprint density at radius 2 is 2.08 bits per heavy atom. The van der Waals surface area contributed by atoms with Crippen molar-refractivity contribution in [2.45, 2.75) is 38.6 Å². The Balaban J connectivity index is 2.10. The van der Waals surface area contributed by atoms with Crippen molar-refractivity contribution >= 4 is 23.3 Å². The topological polar surface area (TPSA) is 93.0 Å². The lowest BCUT2D eigenvalue weighted by Crippen LogP contribution is -2.45. The second-order valence-electron chi connectivity index (χ2n) is 6.57. The van der Waals surface area contributed by atoms with Crippen LogP contribution in [0.5, 0.6) is 0 Å². The minimum Gasteiger partial charge on any atom is -0.452 e. The van der Waals surface area contributed by atoms with Crippen LogP contribution < -0.4 is 4.90 Å². The first-order chi connectivity index (χ1) is 12.3. The largest absolute Gasteiger partial charge is 0.452 e. The third kappa shape index (κ3) is 4.50. The Kier molecular flexibility index (Phi) is 6.54. The fourth-order valence-corrected chi connectivity index (χ4v) is 3.23. The number of non-ortho nitro benzene ring substituents is 1. The molecule has 0 radical (unpaired) electrons. The zero-order valence-corrected chi connectivity index (χ0v) is 15.4. The molecule has 0 unspecified atom stereocenters. The maximum absolute atomic E-state index is 12.4. The molecule has 0 saturated carbocycles. The summed E-state index contributed by atoms with van der Waals surface area (Å²) < 4.78 is 5.18. The number of piperidine rings is 1. The molecular weight excluding hydrogens is 338 g/mol. The molecule has 0 aromatic heterocycles. The first kappa shape index (κ1) is 19.7. The minimum atomic E-state index is -0.740. The van der Waals surface area contributed by atoms with Gasteiger partial charge in [-0.15, -0.1) is 0 Å². The Hall–Kier alpha value is -2.64. The number of ether oxygens (including phenoxy) is 1. The molecule has 1 fully saturated rings. The Bertz CT molecular complexity index is 689. The van der Waals surface area contributed by atoms with Gasteiger partial charge >= 0.3 is 5.97 Å². The molecule has 1 aliphatic rings. The van der Waals surface area contributed by atoms with Crippen LogP contribution in [0, 0.1) is 10.1 Å². The van der Waals surface area contributed by atoms with Crippen molar-refractivity contribution < 1.29 is 19.2 Å². The van der Waals surface area contributed by atoms with Crippen LogP contribution in [-0.4, -0.2) is 55.0 Å². The van der Waals surface area contributed by atoms with E-state index in [1.807, 2.05) is 6.92 Å². The van der Waals surface area contributed by atoms with Crippen LogP contribution >= 0.6 is 0 Å². The summed E-state index contributed by atoms with van der Waals surface area (Å²) in [7, 11) is 3.45. The zero-order valence-electron chi connectivity index (χ0n) is 15.4. The minimum absolute atomic E-state index is 0.0719. The third-order valence-corrected chi connectivity index (χ3v) is 4.64. The number of esters is 1. The molecule has 0 N–H and O–H groups in total. The lowest BCUT2D eigenvalue weighted by atomic mass is 10.00. The molecule has 1 saturated heterocycles. The van der Waals surface area contributed by atoms with Gasteiger partial charge in [-0.05, 0) is 31.7 Å². The van der Waals surface area contributed by atoms with Gasteiger partial charge in [-0.25, -0.2) is 4.79 Å². The van der Waals surface area contributed by atoms with Gasteiger partial charge in [0.25, 0.3) is 11.6 Å². The molecule has 0 bridgehead atoms. The van der Waals surface area contributed by atoms with Gasteiger partial charge in [0.2, 0.25) is 0 Å². The SMILES string of the molecule is CC[C@@H]1CCCCN1C(=O)COC(=O)c1cc([N+](=O)[O-])ccc1N(C)C. The predicted octanol–water partition coefficient (Wildman–Crippen LogP) is 2.61. The van der Waals surface area contributed by atoms with Crippen LogP contribution in [0.4, 0.5) is 11.4 Å². The molecule has 1 atom stereocenters. The molecule has 1 aliphatic heterocycles. The molecule has 26 heavy (non-hydrogen) atoms. The van der Waals surface area contributed by atoms with Crippen LogP contribution in [0.2, 0.25) is 0 Å². The number of nitro benzene ring substituents is 1. The van der Waals surface area contributed by atoms with E-state index in [1.165, 1.54) is 18.2 Å². The number of nitro groups is 1. The van der Waals surface area contributed by atoms with E-state index in [1.54, 1.807) is 23.9 Å². The van der Waals surface area contributed by atoms with E-state index in [0.717, 1.165) is 25.7 Å². The summed E-state index contributed by atoms with van der Waals surface area (Å²) in [6, 6.07) is 4.19. The quantitative estimate of drug-likeness (QED) is 0.438. The maximum Gasteiger partial charge on any atom is 0.341 e. The lowest BCUT2D eigenvalue weighted by molar-refractivity contribution is -0.384. The van der Waals surface area contributed by atoms with E-state index in [4.69, 9.17) is 4.74 Å². The van der Waals surface area contributed by atoms with Crippen molar-refractivity contribution in [3.05, 3.63) is 33.9 Å².